The fourth-order valence-corrected chi connectivity index (χ4v) is 7.07. The molecule has 5 aliphatic rings. The average Bonchev–Trinajstić information content (AvgIpc) is 3.32. The Labute approximate surface area is 154 Å². The van der Waals surface area contributed by atoms with Crippen molar-refractivity contribution in [1.82, 2.24) is 0 Å². The molecule has 6 rings (SSSR count). The van der Waals surface area contributed by atoms with Crippen LogP contribution in [0.25, 0.3) is 0 Å². The molecule has 138 valence electrons. The Bertz CT molecular complexity index is 846. The molecule has 0 radical (unpaired) electrons. The maximum atomic E-state index is 12.3. The number of rotatable bonds is 2. The van der Waals surface area contributed by atoms with Gasteiger partial charge in [-0.1, -0.05) is 12.6 Å². The second-order valence-electron chi connectivity index (χ2n) is 9.80. The third-order valence-electron chi connectivity index (χ3n) is 8.43. The van der Waals surface area contributed by atoms with E-state index in [1.165, 1.54) is 24.9 Å². The summed E-state index contributed by atoms with van der Waals surface area (Å²) >= 11 is 0. The summed E-state index contributed by atoms with van der Waals surface area (Å²) in [5.74, 6) is 1.66. The monoisotopic (exact) mass is 354 g/mol. The van der Waals surface area contributed by atoms with Crippen LogP contribution < -0.4 is 4.74 Å². The molecule has 2 N–H and O–H groups in total. The minimum atomic E-state index is -0.771. The molecular formula is C22H28NO3+. The first-order valence-electron chi connectivity index (χ1n) is 10.2. The summed E-state index contributed by atoms with van der Waals surface area (Å²) in [4.78, 5) is 0. The van der Waals surface area contributed by atoms with E-state index < -0.39 is 11.0 Å². The quantitative estimate of drug-likeness (QED) is 0.634. The number of ether oxygens (including phenoxy) is 1. The fraction of sp³-hybridized carbons (Fsp3) is 0.636. The average molecular weight is 354 g/mol. The van der Waals surface area contributed by atoms with Crippen molar-refractivity contribution in [3.05, 3.63) is 35.4 Å². The van der Waals surface area contributed by atoms with Crippen LogP contribution >= 0.6 is 0 Å². The number of likely N-dealkylation sites (tertiary alicyclic amines) is 1. The molecule has 26 heavy (non-hydrogen) atoms. The van der Waals surface area contributed by atoms with Gasteiger partial charge in [0.1, 0.15) is 17.7 Å². The highest BCUT2D eigenvalue weighted by Crippen LogP contribution is 2.67. The molecule has 5 atom stereocenters. The third kappa shape index (κ3) is 1.56. The molecule has 4 heteroatoms. The molecule has 4 nitrogen and oxygen atoms in total. The first kappa shape index (κ1) is 15.5. The zero-order chi connectivity index (χ0) is 17.9. The van der Waals surface area contributed by atoms with Gasteiger partial charge in [0, 0.05) is 24.3 Å². The summed E-state index contributed by atoms with van der Waals surface area (Å²) in [6.45, 7) is 6.57. The Morgan fingerprint density at radius 2 is 2.12 bits per heavy atom. The molecule has 2 unspecified atom stereocenters. The van der Waals surface area contributed by atoms with Crippen molar-refractivity contribution in [3.63, 3.8) is 0 Å². The minimum Gasteiger partial charge on any atom is -0.504 e. The van der Waals surface area contributed by atoms with Gasteiger partial charge >= 0.3 is 0 Å². The van der Waals surface area contributed by atoms with E-state index in [2.05, 4.69) is 19.7 Å². The highest BCUT2D eigenvalue weighted by atomic mass is 16.5. The molecule has 2 saturated carbocycles. The van der Waals surface area contributed by atoms with Crippen LogP contribution in [-0.2, 0) is 11.8 Å². The molecule has 1 aromatic rings. The number of piperidine rings is 1. The number of likely N-dealkylation sites (N-methyl/N-ethyl adjacent to an activating group) is 1. The van der Waals surface area contributed by atoms with Crippen molar-refractivity contribution in [1.29, 1.82) is 0 Å². The summed E-state index contributed by atoms with van der Waals surface area (Å²) in [6, 6.07) is 4.05. The van der Waals surface area contributed by atoms with E-state index in [0.717, 1.165) is 53.8 Å². The van der Waals surface area contributed by atoms with Crippen LogP contribution in [0.1, 0.15) is 43.2 Å². The number of quaternary nitrogens is 1. The van der Waals surface area contributed by atoms with E-state index >= 15 is 0 Å². The number of nitrogens with zero attached hydrogens (tertiary/aromatic N) is 1. The number of phenols is 1. The highest BCUT2D eigenvalue weighted by Gasteiger charge is 2.75. The maximum Gasteiger partial charge on any atom is 0.166 e. The Morgan fingerprint density at radius 1 is 1.31 bits per heavy atom. The van der Waals surface area contributed by atoms with Crippen molar-refractivity contribution >= 4 is 0 Å². The van der Waals surface area contributed by atoms with Crippen molar-refractivity contribution in [2.75, 3.05) is 20.1 Å². The van der Waals surface area contributed by atoms with E-state index in [1.54, 1.807) is 6.07 Å². The van der Waals surface area contributed by atoms with Crippen molar-refractivity contribution in [3.8, 4) is 11.5 Å². The van der Waals surface area contributed by atoms with Gasteiger partial charge in [-0.15, -0.1) is 0 Å². The lowest BCUT2D eigenvalue weighted by atomic mass is 9.48. The number of benzene rings is 1. The molecule has 3 fully saturated rings. The Hall–Kier alpha value is -1.52. The van der Waals surface area contributed by atoms with Gasteiger partial charge < -0.3 is 19.4 Å². The molecule has 1 aromatic carbocycles. The molecule has 3 aliphatic carbocycles. The van der Waals surface area contributed by atoms with E-state index in [4.69, 9.17) is 4.74 Å². The van der Waals surface area contributed by atoms with Crippen LogP contribution in [0.2, 0.25) is 0 Å². The second-order valence-corrected chi connectivity index (χ2v) is 9.80. The van der Waals surface area contributed by atoms with E-state index in [-0.39, 0.29) is 17.9 Å². The Morgan fingerprint density at radius 3 is 2.88 bits per heavy atom. The minimum absolute atomic E-state index is 0.194. The summed E-state index contributed by atoms with van der Waals surface area (Å²) in [5, 5.41) is 22.7. The van der Waals surface area contributed by atoms with Gasteiger partial charge in [-0.2, -0.15) is 0 Å². The summed E-state index contributed by atoms with van der Waals surface area (Å²) < 4.78 is 7.32. The van der Waals surface area contributed by atoms with Crippen molar-refractivity contribution in [2.45, 2.75) is 61.7 Å². The zero-order valence-electron chi connectivity index (χ0n) is 15.5. The fourth-order valence-electron chi connectivity index (χ4n) is 7.07. The molecule has 0 amide bonds. The summed E-state index contributed by atoms with van der Waals surface area (Å²) in [7, 11) is 2.37. The van der Waals surface area contributed by atoms with E-state index in [1.807, 2.05) is 0 Å². The largest absolute Gasteiger partial charge is 0.504 e. The first-order chi connectivity index (χ1) is 12.4. The third-order valence-corrected chi connectivity index (χ3v) is 8.43. The smallest absolute Gasteiger partial charge is 0.166 e. The van der Waals surface area contributed by atoms with Gasteiger partial charge in [-0.05, 0) is 42.9 Å². The lowest BCUT2D eigenvalue weighted by Gasteiger charge is -2.65. The van der Waals surface area contributed by atoms with Crippen molar-refractivity contribution < 1.29 is 19.4 Å². The van der Waals surface area contributed by atoms with Crippen LogP contribution in [0, 0.1) is 5.92 Å². The molecule has 2 aliphatic heterocycles. The summed E-state index contributed by atoms with van der Waals surface area (Å²) in [6.07, 6.45) is 5.88. The molecular weight excluding hydrogens is 326 g/mol. The predicted molar refractivity (Wildman–Crippen MR) is 98.3 cm³/mol. The van der Waals surface area contributed by atoms with Gasteiger partial charge in [-0.25, -0.2) is 0 Å². The Balaban J connectivity index is 1.60. The van der Waals surface area contributed by atoms with Crippen LogP contribution in [0.5, 0.6) is 11.5 Å². The normalized spacial score (nSPS) is 45.2. The van der Waals surface area contributed by atoms with E-state index in [9.17, 15) is 10.2 Å². The van der Waals surface area contributed by atoms with Gasteiger partial charge in [0.2, 0.25) is 0 Å². The van der Waals surface area contributed by atoms with Crippen LogP contribution in [-0.4, -0.2) is 52.6 Å². The number of phenolic OH excluding ortho intramolecular Hbond substituents is 1. The second kappa shape index (κ2) is 4.48. The maximum absolute atomic E-state index is 12.3. The first-order valence-corrected chi connectivity index (χ1v) is 10.2. The Kier molecular flexibility index (Phi) is 2.67. The van der Waals surface area contributed by atoms with Crippen molar-refractivity contribution in [2.24, 2.45) is 5.92 Å². The number of hydrogen-bond acceptors (Lipinski definition) is 3. The zero-order valence-corrected chi connectivity index (χ0v) is 15.5. The number of aromatic hydroxyl groups is 1. The standard InChI is InChI=1S/C22H27NO3/c1-13-7-8-22(25)17-11-15-5-6-16(24)19-18(15)21(22,20(13)26-19)9-10-23(17,2)12-14-3-4-14/h5-6,14,17,20,25H,1,3-4,7-12H2,2H3/p+1/t17-,20+,21?,22-,23?/m1/s1. The molecule has 2 bridgehead atoms. The summed E-state index contributed by atoms with van der Waals surface area (Å²) in [5.41, 5.74) is 2.25. The molecule has 1 spiro atoms. The van der Waals surface area contributed by atoms with Gasteiger partial charge in [0.15, 0.2) is 11.5 Å². The number of hydrogen-bond donors (Lipinski definition) is 2. The van der Waals surface area contributed by atoms with Gasteiger partial charge in [0.05, 0.1) is 25.6 Å². The van der Waals surface area contributed by atoms with Gasteiger partial charge in [0.25, 0.3) is 0 Å². The SMILES string of the molecule is C=C1CC[C@@]2(O)[C@H]3Cc4ccc(O)c5c4C2(CC[N+]3(C)CC2CC2)[C@H]1O5. The predicted octanol–water partition coefficient (Wildman–Crippen LogP) is 2.66. The molecule has 0 aromatic heterocycles. The highest BCUT2D eigenvalue weighted by molar-refractivity contribution is 5.63. The van der Waals surface area contributed by atoms with Crippen LogP contribution in [0.3, 0.4) is 0 Å². The van der Waals surface area contributed by atoms with Crippen LogP contribution in [0.4, 0.5) is 0 Å². The van der Waals surface area contributed by atoms with Crippen LogP contribution in [0.15, 0.2) is 24.3 Å². The molecule has 2 heterocycles. The number of aliphatic hydroxyl groups is 1. The van der Waals surface area contributed by atoms with E-state index in [0.29, 0.717) is 5.75 Å². The lowest BCUT2D eigenvalue weighted by molar-refractivity contribution is -0.950. The topological polar surface area (TPSA) is 49.7 Å². The lowest BCUT2D eigenvalue weighted by Crippen LogP contribution is -2.80. The van der Waals surface area contributed by atoms with Gasteiger partial charge in [-0.3, -0.25) is 0 Å². The molecule has 1 saturated heterocycles.